The molecule has 1 amide bonds. The zero-order chi connectivity index (χ0) is 21.5. The Hall–Kier alpha value is -3.07. The van der Waals surface area contributed by atoms with Crippen LogP contribution < -0.4 is 25.2 Å². The number of quaternary nitrogens is 1. The van der Waals surface area contributed by atoms with Gasteiger partial charge in [0.2, 0.25) is 5.91 Å². The Bertz CT molecular complexity index is 881. The fraction of sp³-hybridized carbons (Fsp3) is 0.476. The second kappa shape index (κ2) is 10.1. The van der Waals surface area contributed by atoms with Gasteiger partial charge in [-0.25, -0.2) is 0 Å². The standard InChI is InChI=1S/C21H27N3O6/c1-28-17-4-3-13(7-18(17)29-2)11-23-20(25)9-14-5-6-22-12-15(14)8-16-10-19(21(26)27)30-24-16/h3-4,7,10,14-15,22H,5-6,8-9,11-12H2,1-2H3,(H,23,25)(H,26,27)/t14-,15-/m0/s1. The molecule has 3 rings (SSSR count). The Balaban J connectivity index is 1.55. The molecular formula is C21H27N3O6. The molecule has 1 fully saturated rings. The summed E-state index contributed by atoms with van der Waals surface area (Å²) in [7, 11) is 3.15. The van der Waals surface area contributed by atoms with Crippen molar-refractivity contribution >= 4 is 11.9 Å². The molecule has 0 radical (unpaired) electrons. The average molecular weight is 417 g/mol. The molecule has 9 heteroatoms. The molecule has 1 saturated heterocycles. The number of methoxy groups -OCH3 is 2. The number of carboxylic acids is 1. The largest absolute Gasteiger partial charge is 0.541 e. The molecule has 1 aromatic carbocycles. The first-order chi connectivity index (χ1) is 14.5. The average Bonchev–Trinajstić information content (AvgIpc) is 3.22. The summed E-state index contributed by atoms with van der Waals surface area (Å²) in [4.78, 5) is 23.4. The minimum Gasteiger partial charge on any atom is -0.541 e. The maximum atomic E-state index is 12.6. The molecule has 1 aromatic heterocycles. The van der Waals surface area contributed by atoms with Crippen LogP contribution in [0.5, 0.6) is 11.5 Å². The van der Waals surface area contributed by atoms with E-state index in [0.29, 0.717) is 36.6 Å². The molecule has 3 N–H and O–H groups in total. The van der Waals surface area contributed by atoms with E-state index in [1.54, 1.807) is 14.2 Å². The van der Waals surface area contributed by atoms with Crippen LogP contribution in [0.3, 0.4) is 0 Å². The van der Waals surface area contributed by atoms with E-state index in [4.69, 9.17) is 14.0 Å². The Morgan fingerprint density at radius 3 is 2.73 bits per heavy atom. The number of nitrogens with one attached hydrogen (secondary N) is 1. The summed E-state index contributed by atoms with van der Waals surface area (Å²) in [6, 6.07) is 6.95. The van der Waals surface area contributed by atoms with Crippen LogP contribution in [0.4, 0.5) is 0 Å². The molecule has 1 aliphatic heterocycles. The van der Waals surface area contributed by atoms with Crippen molar-refractivity contribution in [1.29, 1.82) is 0 Å². The summed E-state index contributed by atoms with van der Waals surface area (Å²) in [5.41, 5.74) is 1.50. The SMILES string of the molecule is COc1ccc(CNC(=O)C[C@@H]2CC[NH2+]C[C@@H]2Cc2cc(C(=O)[O-])on2)cc1OC. The van der Waals surface area contributed by atoms with Crippen molar-refractivity contribution < 1.29 is 34.0 Å². The van der Waals surface area contributed by atoms with Crippen LogP contribution in [0.1, 0.15) is 34.7 Å². The van der Waals surface area contributed by atoms with Gasteiger partial charge in [0, 0.05) is 37.8 Å². The third kappa shape index (κ3) is 5.50. The van der Waals surface area contributed by atoms with E-state index in [1.807, 2.05) is 18.2 Å². The van der Waals surface area contributed by atoms with Gasteiger partial charge in [-0.15, -0.1) is 0 Å². The monoisotopic (exact) mass is 417 g/mol. The van der Waals surface area contributed by atoms with Crippen LogP contribution in [0.15, 0.2) is 28.8 Å². The van der Waals surface area contributed by atoms with Crippen LogP contribution >= 0.6 is 0 Å². The number of carbonyl (C=O) groups is 2. The third-order valence-electron chi connectivity index (χ3n) is 5.49. The zero-order valence-electron chi connectivity index (χ0n) is 17.2. The molecule has 162 valence electrons. The van der Waals surface area contributed by atoms with Crippen LogP contribution in [-0.4, -0.2) is 44.3 Å². The van der Waals surface area contributed by atoms with Crippen molar-refractivity contribution in [2.24, 2.45) is 11.8 Å². The normalized spacial score (nSPS) is 18.6. The van der Waals surface area contributed by atoms with E-state index in [0.717, 1.165) is 25.1 Å². The van der Waals surface area contributed by atoms with Crippen molar-refractivity contribution in [2.45, 2.75) is 25.8 Å². The maximum absolute atomic E-state index is 12.6. The predicted molar refractivity (Wildman–Crippen MR) is 104 cm³/mol. The van der Waals surface area contributed by atoms with Gasteiger partial charge in [-0.1, -0.05) is 11.2 Å². The lowest BCUT2D eigenvalue weighted by Gasteiger charge is -2.29. The molecule has 2 heterocycles. The predicted octanol–water partition coefficient (Wildman–Crippen LogP) is -0.496. The number of carboxylic acid groups (broad SMARTS) is 1. The lowest BCUT2D eigenvalue weighted by Crippen LogP contribution is -2.88. The third-order valence-corrected chi connectivity index (χ3v) is 5.49. The van der Waals surface area contributed by atoms with Gasteiger partial charge in [-0.2, -0.15) is 0 Å². The highest BCUT2D eigenvalue weighted by Gasteiger charge is 2.30. The summed E-state index contributed by atoms with van der Waals surface area (Å²) in [5.74, 6) is 0.00865. The zero-order valence-corrected chi connectivity index (χ0v) is 17.2. The molecule has 0 saturated carbocycles. The molecule has 2 atom stereocenters. The fourth-order valence-electron chi connectivity index (χ4n) is 3.89. The number of piperidine rings is 1. The number of aromatic nitrogens is 1. The van der Waals surface area contributed by atoms with Crippen molar-refractivity contribution in [3.63, 3.8) is 0 Å². The van der Waals surface area contributed by atoms with Crippen LogP contribution in [0.25, 0.3) is 0 Å². The first-order valence-corrected chi connectivity index (χ1v) is 9.96. The number of rotatable bonds is 9. The summed E-state index contributed by atoms with van der Waals surface area (Å²) in [6.07, 6.45) is 1.90. The van der Waals surface area contributed by atoms with Gasteiger partial charge in [-0.05, 0) is 23.6 Å². The summed E-state index contributed by atoms with van der Waals surface area (Å²) >= 11 is 0. The van der Waals surface area contributed by atoms with Gasteiger partial charge in [0.15, 0.2) is 17.3 Å². The highest BCUT2D eigenvalue weighted by molar-refractivity contribution is 5.82. The Morgan fingerprint density at radius 1 is 1.23 bits per heavy atom. The molecule has 0 bridgehead atoms. The minimum absolute atomic E-state index is 0.0164. The molecular weight excluding hydrogens is 390 g/mol. The van der Waals surface area contributed by atoms with Gasteiger partial charge >= 0.3 is 0 Å². The first-order valence-electron chi connectivity index (χ1n) is 9.96. The molecule has 2 aromatic rings. The van der Waals surface area contributed by atoms with Crippen molar-refractivity contribution in [3.8, 4) is 11.5 Å². The minimum atomic E-state index is -1.38. The van der Waals surface area contributed by atoms with Crippen molar-refractivity contribution in [2.75, 3.05) is 27.3 Å². The Kier molecular flexibility index (Phi) is 7.29. The number of amides is 1. The lowest BCUT2D eigenvalue weighted by atomic mass is 9.81. The van der Waals surface area contributed by atoms with E-state index in [1.165, 1.54) is 6.07 Å². The number of aromatic carboxylic acids is 1. The Labute approximate surface area is 174 Å². The highest BCUT2D eigenvalue weighted by Crippen LogP contribution is 2.28. The van der Waals surface area contributed by atoms with Crippen molar-refractivity contribution in [1.82, 2.24) is 10.5 Å². The van der Waals surface area contributed by atoms with Crippen LogP contribution in [0, 0.1) is 11.8 Å². The smallest absolute Gasteiger partial charge is 0.220 e. The lowest BCUT2D eigenvalue weighted by molar-refractivity contribution is -0.672. The number of ether oxygens (including phenoxy) is 2. The van der Waals surface area contributed by atoms with Crippen molar-refractivity contribution in [3.05, 3.63) is 41.3 Å². The summed E-state index contributed by atoms with van der Waals surface area (Å²) < 4.78 is 15.3. The van der Waals surface area contributed by atoms with E-state index in [9.17, 15) is 14.7 Å². The second-order valence-corrected chi connectivity index (χ2v) is 7.47. The fourth-order valence-corrected chi connectivity index (χ4v) is 3.89. The van der Waals surface area contributed by atoms with E-state index < -0.39 is 5.97 Å². The molecule has 0 spiro atoms. The van der Waals surface area contributed by atoms with E-state index in [-0.39, 0.29) is 23.5 Å². The summed E-state index contributed by atoms with van der Waals surface area (Å²) in [6.45, 7) is 2.23. The quantitative estimate of drug-likeness (QED) is 0.563. The number of nitrogens with two attached hydrogens (primary N) is 1. The topological polar surface area (TPSA) is 130 Å². The molecule has 0 unspecified atom stereocenters. The van der Waals surface area contributed by atoms with Crippen LogP contribution in [-0.2, 0) is 17.8 Å². The van der Waals surface area contributed by atoms with Gasteiger partial charge in [-0.3, -0.25) is 4.79 Å². The van der Waals surface area contributed by atoms with Gasteiger partial charge in [0.25, 0.3) is 0 Å². The van der Waals surface area contributed by atoms with Gasteiger partial charge in [0.05, 0.1) is 33.0 Å². The number of hydrogen-bond acceptors (Lipinski definition) is 7. The summed E-state index contributed by atoms with van der Waals surface area (Å²) in [5, 5.41) is 19.9. The highest BCUT2D eigenvalue weighted by atomic mass is 16.5. The van der Waals surface area contributed by atoms with E-state index in [2.05, 4.69) is 15.8 Å². The molecule has 30 heavy (non-hydrogen) atoms. The second-order valence-electron chi connectivity index (χ2n) is 7.47. The number of hydrogen-bond donors (Lipinski definition) is 2. The van der Waals surface area contributed by atoms with E-state index >= 15 is 0 Å². The van der Waals surface area contributed by atoms with Crippen LogP contribution in [0.2, 0.25) is 0 Å². The Morgan fingerprint density at radius 2 is 2.03 bits per heavy atom. The first kappa shape index (κ1) is 21.6. The van der Waals surface area contributed by atoms with Gasteiger partial charge < -0.3 is 34.5 Å². The maximum Gasteiger partial charge on any atom is 0.220 e. The number of benzene rings is 1. The molecule has 9 nitrogen and oxygen atoms in total. The molecule has 0 aliphatic carbocycles. The molecule has 1 aliphatic rings. The number of nitrogens with zero attached hydrogens (tertiary/aromatic N) is 1. The van der Waals surface area contributed by atoms with Gasteiger partial charge in [0.1, 0.15) is 5.97 Å². The number of carbonyl (C=O) groups excluding carboxylic acids is 2.